The minimum Gasteiger partial charge on any atom is -0.350 e. The van der Waals surface area contributed by atoms with E-state index in [9.17, 15) is 4.79 Å². The number of carbonyl (C=O) groups is 1. The first-order chi connectivity index (χ1) is 12.8. The van der Waals surface area contributed by atoms with Gasteiger partial charge in [-0.25, -0.2) is 9.97 Å². The average molecular weight is 348 g/mol. The van der Waals surface area contributed by atoms with Crippen LogP contribution >= 0.6 is 0 Å². The van der Waals surface area contributed by atoms with Crippen LogP contribution in [0.1, 0.15) is 27.6 Å². The minimum absolute atomic E-state index is 0.149. The number of aromatic nitrogens is 4. The van der Waals surface area contributed by atoms with E-state index in [2.05, 4.69) is 30.8 Å². The Kier molecular flexibility index (Phi) is 4.70. The molecule has 132 valence electrons. The van der Waals surface area contributed by atoms with E-state index in [-0.39, 0.29) is 5.91 Å². The third kappa shape index (κ3) is 3.48. The zero-order valence-electron chi connectivity index (χ0n) is 14.3. The van der Waals surface area contributed by atoms with E-state index in [0.717, 1.165) is 42.0 Å². The second-order valence-electron chi connectivity index (χ2n) is 6.19. The summed E-state index contributed by atoms with van der Waals surface area (Å²) in [7, 11) is 0. The van der Waals surface area contributed by atoms with Crippen LogP contribution in [0.3, 0.4) is 0 Å². The fourth-order valence-corrected chi connectivity index (χ4v) is 3.09. The fourth-order valence-electron chi connectivity index (χ4n) is 3.09. The molecule has 1 amide bonds. The van der Waals surface area contributed by atoms with Gasteiger partial charge in [-0.2, -0.15) is 5.10 Å². The lowest BCUT2D eigenvalue weighted by atomic mass is 10.1. The van der Waals surface area contributed by atoms with Crippen molar-refractivity contribution >= 4 is 5.91 Å². The normalized spacial score (nSPS) is 13.2. The average Bonchev–Trinajstić information content (AvgIpc) is 3.13. The van der Waals surface area contributed by atoms with Crippen LogP contribution < -0.4 is 10.6 Å². The number of benzene rings is 1. The number of amides is 1. The van der Waals surface area contributed by atoms with E-state index in [1.165, 1.54) is 0 Å². The van der Waals surface area contributed by atoms with Crippen LogP contribution in [0.5, 0.6) is 0 Å². The summed E-state index contributed by atoms with van der Waals surface area (Å²) in [6.07, 6.45) is 3.14. The van der Waals surface area contributed by atoms with Crippen LogP contribution in [-0.2, 0) is 19.4 Å². The summed E-state index contributed by atoms with van der Waals surface area (Å²) in [5.74, 6) is 0.559. The van der Waals surface area contributed by atoms with Gasteiger partial charge < -0.3 is 10.6 Å². The number of aromatic amines is 1. The second kappa shape index (κ2) is 7.45. The van der Waals surface area contributed by atoms with Gasteiger partial charge in [-0.1, -0.05) is 30.3 Å². The molecule has 0 unspecified atom stereocenters. The number of carbonyl (C=O) groups excluding carboxylic acids is 1. The van der Waals surface area contributed by atoms with Crippen LogP contribution in [-0.4, -0.2) is 39.2 Å². The third-order valence-electron chi connectivity index (χ3n) is 4.43. The number of nitrogens with one attached hydrogen (secondary N) is 3. The smallest absolute Gasteiger partial charge is 0.272 e. The van der Waals surface area contributed by atoms with Crippen molar-refractivity contribution in [2.75, 3.05) is 13.1 Å². The third-order valence-corrected chi connectivity index (χ3v) is 4.43. The Bertz CT molecular complexity index is 905. The van der Waals surface area contributed by atoms with Gasteiger partial charge in [0, 0.05) is 36.8 Å². The molecular formula is C19H20N6O. The highest BCUT2D eigenvalue weighted by atomic mass is 16.1. The Morgan fingerprint density at radius 2 is 2.08 bits per heavy atom. The van der Waals surface area contributed by atoms with Crippen LogP contribution in [0, 0.1) is 0 Å². The topological polar surface area (TPSA) is 95.6 Å². The van der Waals surface area contributed by atoms with Gasteiger partial charge in [0.1, 0.15) is 5.82 Å². The molecule has 0 spiro atoms. The van der Waals surface area contributed by atoms with Crippen molar-refractivity contribution in [3.63, 3.8) is 0 Å². The van der Waals surface area contributed by atoms with Crippen molar-refractivity contribution < 1.29 is 4.79 Å². The molecule has 3 heterocycles. The zero-order chi connectivity index (χ0) is 17.8. The highest BCUT2D eigenvalue weighted by Crippen LogP contribution is 2.16. The number of rotatable bonds is 5. The van der Waals surface area contributed by atoms with Gasteiger partial charge in [0.05, 0.1) is 11.4 Å². The molecule has 1 aliphatic rings. The molecule has 7 nitrogen and oxygen atoms in total. The van der Waals surface area contributed by atoms with Gasteiger partial charge in [0.25, 0.3) is 5.91 Å². The first-order valence-electron chi connectivity index (χ1n) is 8.73. The van der Waals surface area contributed by atoms with Gasteiger partial charge >= 0.3 is 0 Å². The maximum Gasteiger partial charge on any atom is 0.272 e. The molecule has 26 heavy (non-hydrogen) atoms. The fraction of sp³-hybridized carbons (Fsp3) is 0.263. The SMILES string of the molecule is O=C(NCCc1nccc(-c2ccccc2)n1)c1n[nH]c2c1CCNC2. The lowest BCUT2D eigenvalue weighted by molar-refractivity contribution is 0.0948. The largest absolute Gasteiger partial charge is 0.350 e. The first kappa shape index (κ1) is 16.4. The molecule has 0 radical (unpaired) electrons. The van der Waals surface area contributed by atoms with Gasteiger partial charge in [-0.15, -0.1) is 0 Å². The molecule has 1 aromatic carbocycles. The van der Waals surface area contributed by atoms with Crippen molar-refractivity contribution in [1.29, 1.82) is 0 Å². The Morgan fingerprint density at radius 3 is 2.96 bits per heavy atom. The first-order valence-corrected chi connectivity index (χ1v) is 8.73. The van der Waals surface area contributed by atoms with Gasteiger partial charge in [0.2, 0.25) is 0 Å². The molecule has 4 rings (SSSR count). The maximum atomic E-state index is 12.4. The van der Waals surface area contributed by atoms with Crippen molar-refractivity contribution in [2.45, 2.75) is 19.4 Å². The van der Waals surface area contributed by atoms with Crippen molar-refractivity contribution in [2.24, 2.45) is 0 Å². The van der Waals surface area contributed by atoms with Crippen LogP contribution in [0.4, 0.5) is 0 Å². The van der Waals surface area contributed by atoms with E-state index >= 15 is 0 Å². The summed E-state index contributed by atoms with van der Waals surface area (Å²) in [4.78, 5) is 21.3. The molecule has 1 aliphatic heterocycles. The highest BCUT2D eigenvalue weighted by molar-refractivity contribution is 5.94. The number of fused-ring (bicyclic) bond motifs is 1. The van der Waals surface area contributed by atoms with Gasteiger partial charge in [-0.3, -0.25) is 9.89 Å². The van der Waals surface area contributed by atoms with Gasteiger partial charge in [-0.05, 0) is 19.0 Å². The molecule has 3 aromatic rings. The molecule has 0 atom stereocenters. The summed E-state index contributed by atoms with van der Waals surface area (Å²) in [5, 5.41) is 13.3. The molecule has 7 heteroatoms. The Labute approximate surface area is 151 Å². The summed E-state index contributed by atoms with van der Waals surface area (Å²) in [5.41, 5.74) is 4.46. The number of hydrogen-bond acceptors (Lipinski definition) is 5. The standard InChI is InChI=1S/C19H20N6O/c26-19(18-14-6-9-20-12-16(14)24-25-18)22-11-8-17-21-10-7-15(23-17)13-4-2-1-3-5-13/h1-5,7,10,20H,6,8-9,11-12H2,(H,22,26)(H,24,25). The van der Waals surface area contributed by atoms with E-state index in [1.54, 1.807) is 6.20 Å². The monoisotopic (exact) mass is 348 g/mol. The molecule has 0 bridgehead atoms. The maximum absolute atomic E-state index is 12.4. The molecule has 0 saturated carbocycles. The lowest BCUT2D eigenvalue weighted by Gasteiger charge is -2.12. The predicted molar refractivity (Wildman–Crippen MR) is 97.5 cm³/mol. The van der Waals surface area contributed by atoms with Crippen molar-refractivity contribution in [3.8, 4) is 11.3 Å². The second-order valence-corrected chi connectivity index (χ2v) is 6.19. The van der Waals surface area contributed by atoms with Crippen molar-refractivity contribution in [3.05, 3.63) is 65.4 Å². The van der Waals surface area contributed by atoms with Crippen LogP contribution in [0.25, 0.3) is 11.3 Å². The molecule has 0 fully saturated rings. The lowest BCUT2D eigenvalue weighted by Crippen LogP contribution is -2.29. The minimum atomic E-state index is -0.149. The quantitative estimate of drug-likeness (QED) is 0.649. The number of H-pyrrole nitrogens is 1. The summed E-state index contributed by atoms with van der Waals surface area (Å²) < 4.78 is 0. The van der Waals surface area contributed by atoms with E-state index in [4.69, 9.17) is 0 Å². The highest BCUT2D eigenvalue weighted by Gasteiger charge is 2.21. The molecular weight excluding hydrogens is 328 g/mol. The summed E-state index contributed by atoms with van der Waals surface area (Å²) >= 11 is 0. The Balaban J connectivity index is 1.38. The van der Waals surface area contributed by atoms with E-state index in [0.29, 0.717) is 24.5 Å². The Morgan fingerprint density at radius 1 is 1.19 bits per heavy atom. The van der Waals surface area contributed by atoms with Crippen LogP contribution in [0.15, 0.2) is 42.6 Å². The zero-order valence-corrected chi connectivity index (χ0v) is 14.3. The molecule has 0 aliphatic carbocycles. The van der Waals surface area contributed by atoms with Crippen LogP contribution in [0.2, 0.25) is 0 Å². The number of hydrogen-bond donors (Lipinski definition) is 3. The Hall–Kier alpha value is -3.06. The molecule has 3 N–H and O–H groups in total. The van der Waals surface area contributed by atoms with E-state index in [1.807, 2.05) is 36.4 Å². The molecule has 0 saturated heterocycles. The molecule has 2 aromatic heterocycles. The summed E-state index contributed by atoms with van der Waals surface area (Å²) in [6.45, 7) is 2.07. The summed E-state index contributed by atoms with van der Waals surface area (Å²) in [6, 6.07) is 11.9. The number of nitrogens with zero attached hydrogens (tertiary/aromatic N) is 3. The van der Waals surface area contributed by atoms with Crippen molar-refractivity contribution in [1.82, 2.24) is 30.8 Å². The van der Waals surface area contributed by atoms with E-state index < -0.39 is 0 Å². The van der Waals surface area contributed by atoms with Gasteiger partial charge in [0.15, 0.2) is 5.69 Å². The predicted octanol–water partition coefficient (Wildman–Crippen LogP) is 1.48.